The van der Waals surface area contributed by atoms with E-state index in [1.807, 2.05) is 11.4 Å². The fourth-order valence-corrected chi connectivity index (χ4v) is 2.48. The minimum Gasteiger partial charge on any atom is -0.383 e. The van der Waals surface area contributed by atoms with Gasteiger partial charge in [0.15, 0.2) is 5.82 Å². The summed E-state index contributed by atoms with van der Waals surface area (Å²) in [5, 5.41) is 13.3. The molecule has 96 valence electrons. The highest BCUT2D eigenvalue weighted by atomic mass is 32.1. The van der Waals surface area contributed by atoms with Crippen LogP contribution >= 0.6 is 11.3 Å². The van der Waals surface area contributed by atoms with Gasteiger partial charge in [0.25, 0.3) is 0 Å². The van der Waals surface area contributed by atoms with Crippen molar-refractivity contribution in [1.82, 2.24) is 19.5 Å². The largest absolute Gasteiger partial charge is 0.383 e. The number of nitrogens with zero attached hydrogens (tertiary/aromatic N) is 5. The first-order valence-electron chi connectivity index (χ1n) is 5.29. The van der Waals surface area contributed by atoms with Crippen molar-refractivity contribution in [3.63, 3.8) is 0 Å². The van der Waals surface area contributed by atoms with E-state index in [2.05, 4.69) is 15.0 Å². The molecule has 3 aromatic heterocycles. The van der Waals surface area contributed by atoms with Crippen molar-refractivity contribution in [3.05, 3.63) is 39.9 Å². The number of anilines is 1. The molecular weight excluding hydrogens is 268 g/mol. The van der Waals surface area contributed by atoms with Crippen molar-refractivity contribution < 1.29 is 4.92 Å². The molecule has 0 saturated heterocycles. The first kappa shape index (κ1) is 11.5. The van der Waals surface area contributed by atoms with Gasteiger partial charge in [-0.1, -0.05) is 0 Å². The van der Waals surface area contributed by atoms with Crippen LogP contribution in [0.5, 0.6) is 0 Å². The van der Waals surface area contributed by atoms with Crippen molar-refractivity contribution in [3.8, 4) is 0 Å². The van der Waals surface area contributed by atoms with E-state index in [9.17, 15) is 10.1 Å². The van der Waals surface area contributed by atoms with Gasteiger partial charge in [-0.3, -0.25) is 0 Å². The molecule has 0 bridgehead atoms. The molecule has 0 unspecified atom stereocenters. The molecule has 8 nitrogen and oxygen atoms in total. The minimum absolute atomic E-state index is 0.204. The molecule has 0 atom stereocenters. The monoisotopic (exact) mass is 276 g/mol. The third-order valence-electron chi connectivity index (χ3n) is 2.53. The predicted octanol–water partition coefficient (Wildman–Crippen LogP) is 1.43. The highest BCUT2D eigenvalue weighted by Gasteiger charge is 2.12. The van der Waals surface area contributed by atoms with E-state index in [-0.39, 0.29) is 5.82 Å². The van der Waals surface area contributed by atoms with Crippen LogP contribution in [0.3, 0.4) is 0 Å². The van der Waals surface area contributed by atoms with Gasteiger partial charge in [-0.05, 0) is 21.4 Å². The van der Waals surface area contributed by atoms with Gasteiger partial charge in [0.2, 0.25) is 6.33 Å². The molecule has 0 aromatic carbocycles. The Morgan fingerprint density at radius 2 is 2.32 bits per heavy atom. The second kappa shape index (κ2) is 4.28. The molecule has 2 N–H and O–H groups in total. The standard InChI is InChI=1S/C10H8N6O2S/c11-9-6-1-2-19-10(6)14-7(13-9)3-15-4-8(12-5-15)16(17)18/h1-2,4-5H,3H2,(H2,11,13,14). The Kier molecular flexibility index (Phi) is 2.60. The average Bonchev–Trinajstić information content (AvgIpc) is 2.97. The third kappa shape index (κ3) is 2.10. The zero-order chi connectivity index (χ0) is 13.4. The highest BCUT2D eigenvalue weighted by molar-refractivity contribution is 7.16. The Labute approximate surface area is 110 Å². The molecule has 3 heterocycles. The summed E-state index contributed by atoms with van der Waals surface area (Å²) < 4.78 is 1.55. The molecule has 0 amide bonds. The van der Waals surface area contributed by atoms with E-state index in [4.69, 9.17) is 5.73 Å². The van der Waals surface area contributed by atoms with E-state index in [0.717, 1.165) is 10.2 Å². The van der Waals surface area contributed by atoms with Gasteiger partial charge in [-0.25, -0.2) is 9.97 Å². The lowest BCUT2D eigenvalue weighted by molar-refractivity contribution is -0.389. The topological polar surface area (TPSA) is 113 Å². The number of imidazole rings is 1. The summed E-state index contributed by atoms with van der Waals surface area (Å²) in [7, 11) is 0. The van der Waals surface area contributed by atoms with Gasteiger partial charge >= 0.3 is 5.82 Å². The van der Waals surface area contributed by atoms with Crippen molar-refractivity contribution in [2.75, 3.05) is 5.73 Å². The van der Waals surface area contributed by atoms with Crippen LogP contribution < -0.4 is 5.73 Å². The average molecular weight is 276 g/mol. The molecule has 3 aromatic rings. The summed E-state index contributed by atoms with van der Waals surface area (Å²) in [5.41, 5.74) is 5.83. The maximum atomic E-state index is 10.5. The number of hydrogen-bond donors (Lipinski definition) is 1. The van der Waals surface area contributed by atoms with E-state index >= 15 is 0 Å². The lowest BCUT2D eigenvalue weighted by Crippen LogP contribution is -2.04. The molecule has 3 rings (SSSR count). The molecule has 0 aliphatic carbocycles. The number of nitrogens with two attached hydrogens (primary N) is 1. The fraction of sp³-hybridized carbons (Fsp3) is 0.100. The van der Waals surface area contributed by atoms with Crippen molar-refractivity contribution in [1.29, 1.82) is 0 Å². The zero-order valence-corrected chi connectivity index (χ0v) is 10.4. The van der Waals surface area contributed by atoms with Crippen LogP contribution in [0.4, 0.5) is 11.6 Å². The first-order valence-corrected chi connectivity index (χ1v) is 6.17. The highest BCUT2D eigenvalue weighted by Crippen LogP contribution is 2.23. The summed E-state index contributed by atoms with van der Waals surface area (Å²) in [6.07, 6.45) is 2.70. The van der Waals surface area contributed by atoms with Gasteiger partial charge in [-0.15, -0.1) is 11.3 Å². The molecule has 9 heteroatoms. The smallest absolute Gasteiger partial charge is 0.381 e. The molecular formula is C10H8N6O2S. The van der Waals surface area contributed by atoms with Crippen LogP contribution in [0.1, 0.15) is 5.82 Å². The molecule has 0 aliphatic rings. The van der Waals surface area contributed by atoms with Crippen LogP contribution in [0.25, 0.3) is 10.2 Å². The van der Waals surface area contributed by atoms with Gasteiger partial charge < -0.3 is 20.4 Å². The predicted molar refractivity (Wildman–Crippen MR) is 69.8 cm³/mol. The van der Waals surface area contributed by atoms with Crippen molar-refractivity contribution >= 4 is 33.2 Å². The summed E-state index contributed by atoms with van der Waals surface area (Å²) >= 11 is 1.47. The molecule has 0 radical (unpaired) electrons. The maximum Gasteiger partial charge on any atom is 0.381 e. The normalized spacial score (nSPS) is 10.9. The number of rotatable bonds is 3. The van der Waals surface area contributed by atoms with Gasteiger partial charge in [0.05, 0.1) is 11.9 Å². The van der Waals surface area contributed by atoms with Crippen LogP contribution in [0.15, 0.2) is 24.0 Å². The Bertz CT molecular complexity index is 764. The lowest BCUT2D eigenvalue weighted by Gasteiger charge is -2.02. The second-order valence-electron chi connectivity index (χ2n) is 3.83. The number of thiophene rings is 1. The number of fused-ring (bicyclic) bond motifs is 1. The van der Waals surface area contributed by atoms with Crippen molar-refractivity contribution in [2.24, 2.45) is 0 Å². The summed E-state index contributed by atoms with van der Waals surface area (Å²) in [6, 6.07) is 1.86. The molecule has 19 heavy (non-hydrogen) atoms. The van der Waals surface area contributed by atoms with Crippen LogP contribution in [0.2, 0.25) is 0 Å². The number of aromatic nitrogens is 4. The fourth-order valence-electron chi connectivity index (χ4n) is 1.69. The Balaban J connectivity index is 1.93. The second-order valence-corrected chi connectivity index (χ2v) is 4.72. The van der Waals surface area contributed by atoms with Gasteiger partial charge in [-0.2, -0.15) is 0 Å². The Morgan fingerprint density at radius 3 is 3.05 bits per heavy atom. The van der Waals surface area contributed by atoms with E-state index < -0.39 is 4.92 Å². The van der Waals surface area contributed by atoms with E-state index in [1.54, 1.807) is 4.57 Å². The SMILES string of the molecule is Nc1nc(Cn2cnc([N+](=O)[O-])c2)nc2sccc12. The van der Waals surface area contributed by atoms with Gasteiger partial charge in [0, 0.05) is 0 Å². The van der Waals surface area contributed by atoms with Crippen molar-refractivity contribution in [2.45, 2.75) is 6.54 Å². The summed E-state index contributed by atoms with van der Waals surface area (Å²) in [5.74, 6) is 0.709. The quantitative estimate of drug-likeness (QED) is 0.571. The summed E-state index contributed by atoms with van der Waals surface area (Å²) in [6.45, 7) is 0.291. The Morgan fingerprint density at radius 1 is 1.47 bits per heavy atom. The minimum atomic E-state index is -0.547. The molecule has 0 spiro atoms. The molecule has 0 fully saturated rings. The summed E-state index contributed by atoms with van der Waals surface area (Å²) in [4.78, 5) is 23.0. The van der Waals surface area contributed by atoms with Crippen LogP contribution in [0, 0.1) is 10.1 Å². The first-order chi connectivity index (χ1) is 9.13. The number of nitro groups is 1. The zero-order valence-electron chi connectivity index (χ0n) is 9.55. The molecule has 0 saturated carbocycles. The van der Waals surface area contributed by atoms with Crippen LogP contribution in [-0.2, 0) is 6.54 Å². The number of hydrogen-bond acceptors (Lipinski definition) is 7. The van der Waals surface area contributed by atoms with Crippen LogP contribution in [-0.4, -0.2) is 24.4 Å². The van der Waals surface area contributed by atoms with E-state index in [1.165, 1.54) is 23.9 Å². The van der Waals surface area contributed by atoms with Gasteiger partial charge in [0.1, 0.15) is 16.8 Å². The maximum absolute atomic E-state index is 10.5. The number of nitrogen functional groups attached to an aromatic ring is 1. The van der Waals surface area contributed by atoms with E-state index in [0.29, 0.717) is 18.2 Å². The third-order valence-corrected chi connectivity index (χ3v) is 3.34. The molecule has 0 aliphatic heterocycles. The lowest BCUT2D eigenvalue weighted by atomic mass is 10.4. The Hall–Kier alpha value is -2.55.